The number of aromatic nitrogens is 1. The van der Waals surface area contributed by atoms with E-state index in [0.717, 1.165) is 20.3 Å². The van der Waals surface area contributed by atoms with Gasteiger partial charge in [0.25, 0.3) is 5.91 Å². The molecule has 1 amide bonds. The van der Waals surface area contributed by atoms with Crippen LogP contribution in [0.1, 0.15) is 5.56 Å². The van der Waals surface area contributed by atoms with Crippen LogP contribution in [0.4, 0.5) is 0 Å². The van der Waals surface area contributed by atoms with E-state index in [-0.39, 0.29) is 6.54 Å². The summed E-state index contributed by atoms with van der Waals surface area (Å²) in [7, 11) is 1.33. The van der Waals surface area contributed by atoms with Crippen LogP contribution < -0.4 is 4.80 Å². The predicted octanol–water partition coefficient (Wildman–Crippen LogP) is 3.78. The molecule has 3 aromatic rings. The fourth-order valence-electron chi connectivity index (χ4n) is 2.34. The number of nitrogens with zero attached hydrogens (tertiary/aromatic N) is 2. The van der Waals surface area contributed by atoms with Gasteiger partial charge in [0.2, 0.25) is 0 Å². The van der Waals surface area contributed by atoms with Crippen molar-refractivity contribution in [3.63, 3.8) is 0 Å². The SMILES string of the molecule is COC(=O)Cn1c(=NC(=O)C=Cc2ccccc2)sc2cc(Br)ccc21. The van der Waals surface area contributed by atoms with Crippen LogP contribution >= 0.6 is 27.3 Å². The van der Waals surface area contributed by atoms with E-state index >= 15 is 0 Å². The zero-order valence-corrected chi connectivity index (χ0v) is 16.3. The van der Waals surface area contributed by atoms with Gasteiger partial charge in [-0.15, -0.1) is 0 Å². The van der Waals surface area contributed by atoms with Crippen molar-refractivity contribution in [1.82, 2.24) is 4.57 Å². The number of fused-ring (bicyclic) bond motifs is 1. The second-order valence-corrected chi connectivity index (χ2v) is 7.28. The van der Waals surface area contributed by atoms with Crippen molar-refractivity contribution < 1.29 is 14.3 Å². The van der Waals surface area contributed by atoms with Gasteiger partial charge in [0.1, 0.15) is 6.54 Å². The van der Waals surface area contributed by atoms with Crippen molar-refractivity contribution in [2.75, 3.05) is 7.11 Å². The summed E-state index contributed by atoms with van der Waals surface area (Å²) in [5.41, 5.74) is 1.74. The average Bonchev–Trinajstić information content (AvgIpc) is 2.96. The molecule has 0 N–H and O–H groups in total. The molecule has 132 valence electrons. The minimum Gasteiger partial charge on any atom is -0.468 e. The lowest BCUT2D eigenvalue weighted by Crippen LogP contribution is -2.22. The fourth-order valence-corrected chi connectivity index (χ4v) is 3.93. The fraction of sp³-hybridized carbons (Fsp3) is 0.105. The number of carbonyl (C=O) groups is 2. The molecule has 26 heavy (non-hydrogen) atoms. The summed E-state index contributed by atoms with van der Waals surface area (Å²) < 4.78 is 8.28. The summed E-state index contributed by atoms with van der Waals surface area (Å²) in [6.07, 6.45) is 3.12. The van der Waals surface area contributed by atoms with E-state index < -0.39 is 11.9 Å². The molecule has 0 aliphatic carbocycles. The Morgan fingerprint density at radius 3 is 2.73 bits per heavy atom. The molecule has 0 saturated heterocycles. The van der Waals surface area contributed by atoms with Gasteiger partial charge < -0.3 is 9.30 Å². The molecule has 0 radical (unpaired) electrons. The first kappa shape index (κ1) is 18.3. The lowest BCUT2D eigenvalue weighted by atomic mass is 10.2. The van der Waals surface area contributed by atoms with Gasteiger partial charge in [0, 0.05) is 10.5 Å². The molecule has 5 nitrogen and oxygen atoms in total. The zero-order chi connectivity index (χ0) is 18.5. The van der Waals surface area contributed by atoms with E-state index in [2.05, 4.69) is 20.9 Å². The van der Waals surface area contributed by atoms with E-state index in [9.17, 15) is 9.59 Å². The maximum Gasteiger partial charge on any atom is 0.325 e. The Morgan fingerprint density at radius 2 is 2.00 bits per heavy atom. The third-order valence-electron chi connectivity index (χ3n) is 3.58. The average molecular weight is 431 g/mol. The van der Waals surface area contributed by atoms with Crippen LogP contribution in [-0.2, 0) is 20.9 Å². The maximum absolute atomic E-state index is 12.3. The molecule has 1 aromatic heterocycles. The number of ether oxygens (including phenoxy) is 1. The molecule has 0 spiro atoms. The van der Waals surface area contributed by atoms with E-state index in [1.165, 1.54) is 24.5 Å². The second kappa shape index (κ2) is 8.25. The third kappa shape index (κ3) is 4.36. The van der Waals surface area contributed by atoms with Gasteiger partial charge in [-0.25, -0.2) is 0 Å². The first-order valence-electron chi connectivity index (χ1n) is 7.74. The smallest absolute Gasteiger partial charge is 0.325 e. The largest absolute Gasteiger partial charge is 0.468 e. The van der Waals surface area contributed by atoms with E-state index in [4.69, 9.17) is 4.74 Å². The lowest BCUT2D eigenvalue weighted by molar-refractivity contribution is -0.141. The van der Waals surface area contributed by atoms with Crippen LogP contribution in [0.15, 0.2) is 64.1 Å². The number of amides is 1. The normalized spacial score (nSPS) is 12.0. The van der Waals surface area contributed by atoms with Crippen LogP contribution in [0.5, 0.6) is 0 Å². The van der Waals surface area contributed by atoms with Crippen molar-refractivity contribution in [2.24, 2.45) is 4.99 Å². The Labute approximate surface area is 162 Å². The van der Waals surface area contributed by atoms with Gasteiger partial charge in [0.05, 0.1) is 17.3 Å². The quantitative estimate of drug-likeness (QED) is 0.467. The van der Waals surface area contributed by atoms with Gasteiger partial charge in [-0.05, 0) is 29.8 Å². The van der Waals surface area contributed by atoms with Gasteiger partial charge in [-0.2, -0.15) is 4.99 Å². The van der Waals surface area contributed by atoms with Crippen molar-refractivity contribution in [1.29, 1.82) is 0 Å². The molecule has 1 heterocycles. The molecule has 0 unspecified atom stereocenters. The molecule has 0 bridgehead atoms. The molecular formula is C19H15BrN2O3S. The number of halogens is 1. The highest BCUT2D eigenvalue weighted by atomic mass is 79.9. The van der Waals surface area contributed by atoms with Gasteiger partial charge >= 0.3 is 5.97 Å². The summed E-state index contributed by atoms with van der Waals surface area (Å²) >= 11 is 4.77. The van der Waals surface area contributed by atoms with Crippen LogP contribution in [-0.4, -0.2) is 23.6 Å². The number of esters is 1. The van der Waals surface area contributed by atoms with Crippen molar-refractivity contribution >= 4 is 55.4 Å². The van der Waals surface area contributed by atoms with Crippen molar-refractivity contribution in [2.45, 2.75) is 6.54 Å². The highest BCUT2D eigenvalue weighted by molar-refractivity contribution is 9.10. The molecule has 0 aliphatic heterocycles. The molecule has 7 heteroatoms. The van der Waals surface area contributed by atoms with Gasteiger partial charge in [-0.3, -0.25) is 9.59 Å². The molecule has 0 atom stereocenters. The number of thiazole rings is 1. The van der Waals surface area contributed by atoms with Crippen LogP contribution in [0.25, 0.3) is 16.3 Å². The molecule has 3 rings (SSSR count). The standard InChI is InChI=1S/C19H15BrN2O3S/c1-25-18(24)12-22-15-9-8-14(20)11-16(15)26-19(22)21-17(23)10-7-13-5-3-2-4-6-13/h2-11H,12H2,1H3. The minimum absolute atomic E-state index is 0.00730. The summed E-state index contributed by atoms with van der Waals surface area (Å²) in [5.74, 6) is -0.792. The van der Waals surface area contributed by atoms with Crippen LogP contribution in [0.3, 0.4) is 0 Å². The molecule has 2 aromatic carbocycles. The number of methoxy groups -OCH3 is 1. The Morgan fingerprint density at radius 1 is 1.23 bits per heavy atom. The number of hydrogen-bond donors (Lipinski definition) is 0. The van der Waals surface area contributed by atoms with E-state index in [1.807, 2.05) is 48.5 Å². The van der Waals surface area contributed by atoms with Crippen LogP contribution in [0, 0.1) is 0 Å². The van der Waals surface area contributed by atoms with Gasteiger partial charge in [-0.1, -0.05) is 57.6 Å². The summed E-state index contributed by atoms with van der Waals surface area (Å²) in [5, 5.41) is 0. The molecule has 0 aliphatic rings. The molecule has 0 fully saturated rings. The predicted molar refractivity (Wildman–Crippen MR) is 106 cm³/mol. The highest BCUT2D eigenvalue weighted by Gasteiger charge is 2.11. The summed E-state index contributed by atoms with van der Waals surface area (Å²) in [4.78, 5) is 28.6. The summed E-state index contributed by atoms with van der Waals surface area (Å²) in [6.45, 7) is -0.00730. The van der Waals surface area contributed by atoms with E-state index in [1.54, 1.807) is 10.6 Å². The number of carbonyl (C=O) groups excluding carboxylic acids is 2. The van der Waals surface area contributed by atoms with Gasteiger partial charge in [0.15, 0.2) is 4.80 Å². The summed E-state index contributed by atoms with van der Waals surface area (Å²) in [6, 6.07) is 15.2. The number of rotatable bonds is 4. The Kier molecular flexibility index (Phi) is 5.80. The topological polar surface area (TPSA) is 60.7 Å². The Bertz CT molecular complexity index is 1050. The lowest BCUT2D eigenvalue weighted by Gasteiger charge is -2.03. The Balaban J connectivity index is 2.00. The molecule has 0 saturated carbocycles. The zero-order valence-electron chi connectivity index (χ0n) is 13.9. The maximum atomic E-state index is 12.3. The van der Waals surface area contributed by atoms with E-state index in [0.29, 0.717) is 4.80 Å². The first-order chi connectivity index (χ1) is 12.6. The second-order valence-electron chi connectivity index (χ2n) is 5.35. The number of benzene rings is 2. The first-order valence-corrected chi connectivity index (χ1v) is 9.35. The van der Waals surface area contributed by atoms with Crippen LogP contribution in [0.2, 0.25) is 0 Å². The Hall–Kier alpha value is -2.51. The van der Waals surface area contributed by atoms with Crippen molar-refractivity contribution in [3.8, 4) is 0 Å². The molecular weight excluding hydrogens is 416 g/mol. The monoisotopic (exact) mass is 430 g/mol. The third-order valence-corrected chi connectivity index (χ3v) is 5.12. The van der Waals surface area contributed by atoms with Crippen molar-refractivity contribution in [3.05, 3.63) is 69.4 Å². The number of hydrogen-bond acceptors (Lipinski definition) is 4. The highest BCUT2D eigenvalue weighted by Crippen LogP contribution is 2.22. The minimum atomic E-state index is -0.402.